The van der Waals surface area contributed by atoms with Crippen molar-refractivity contribution in [2.24, 2.45) is 0 Å². The summed E-state index contributed by atoms with van der Waals surface area (Å²) in [4.78, 5) is 32.3. The standard InChI is InChI=1S/C18H16N4O2/c1-12(13-6-8-19-9-7-13)21-17(23)18(24)22-15-10-14-4-2-3-5-16(14)20-11-15/h2-12H,1H3,(H,21,23)(H,22,24)/t12-/m1/s1. The third-order valence-corrected chi connectivity index (χ3v) is 3.61. The van der Waals surface area contributed by atoms with E-state index in [1.54, 1.807) is 37.5 Å². The third-order valence-electron chi connectivity index (χ3n) is 3.61. The van der Waals surface area contributed by atoms with Gasteiger partial charge in [-0.1, -0.05) is 18.2 Å². The minimum atomic E-state index is -0.729. The van der Waals surface area contributed by atoms with E-state index in [4.69, 9.17) is 0 Å². The van der Waals surface area contributed by atoms with Crippen molar-refractivity contribution in [1.82, 2.24) is 15.3 Å². The smallest absolute Gasteiger partial charge is 0.313 e. The fourth-order valence-corrected chi connectivity index (χ4v) is 2.32. The second-order valence-corrected chi connectivity index (χ2v) is 5.35. The Morgan fingerprint density at radius 1 is 1.04 bits per heavy atom. The van der Waals surface area contributed by atoms with Gasteiger partial charge in [-0.15, -0.1) is 0 Å². The first-order chi connectivity index (χ1) is 11.6. The van der Waals surface area contributed by atoms with Gasteiger partial charge in [0.05, 0.1) is 23.4 Å². The highest BCUT2D eigenvalue weighted by Crippen LogP contribution is 2.16. The van der Waals surface area contributed by atoms with Crippen molar-refractivity contribution in [3.8, 4) is 0 Å². The zero-order valence-electron chi connectivity index (χ0n) is 13.1. The van der Waals surface area contributed by atoms with Crippen molar-refractivity contribution in [1.29, 1.82) is 0 Å². The molecule has 2 aromatic heterocycles. The monoisotopic (exact) mass is 320 g/mol. The van der Waals surface area contributed by atoms with Gasteiger partial charge in [0.2, 0.25) is 0 Å². The molecule has 0 aliphatic carbocycles. The first kappa shape index (κ1) is 15.6. The van der Waals surface area contributed by atoms with Crippen molar-refractivity contribution in [3.63, 3.8) is 0 Å². The molecule has 120 valence electrons. The number of nitrogens with zero attached hydrogens (tertiary/aromatic N) is 2. The molecule has 0 aliphatic heterocycles. The van der Waals surface area contributed by atoms with Crippen LogP contribution in [0.4, 0.5) is 5.69 Å². The number of hydrogen-bond acceptors (Lipinski definition) is 4. The van der Waals surface area contributed by atoms with Crippen LogP contribution >= 0.6 is 0 Å². The van der Waals surface area contributed by atoms with Crippen LogP contribution in [-0.4, -0.2) is 21.8 Å². The summed E-state index contributed by atoms with van der Waals surface area (Å²) in [5, 5.41) is 6.11. The van der Waals surface area contributed by atoms with E-state index in [9.17, 15) is 9.59 Å². The average molecular weight is 320 g/mol. The topological polar surface area (TPSA) is 84.0 Å². The molecule has 2 heterocycles. The molecule has 1 aromatic carbocycles. The number of carbonyl (C=O) groups excluding carboxylic acids is 2. The lowest BCUT2D eigenvalue weighted by atomic mass is 10.1. The number of benzene rings is 1. The first-order valence-corrected chi connectivity index (χ1v) is 7.50. The van der Waals surface area contributed by atoms with Gasteiger partial charge in [0, 0.05) is 17.8 Å². The van der Waals surface area contributed by atoms with Gasteiger partial charge in [0.25, 0.3) is 0 Å². The van der Waals surface area contributed by atoms with E-state index in [0.29, 0.717) is 5.69 Å². The largest absolute Gasteiger partial charge is 0.341 e. The normalized spacial score (nSPS) is 11.7. The molecule has 0 aliphatic rings. The lowest BCUT2D eigenvalue weighted by Crippen LogP contribution is -2.36. The summed E-state index contributed by atoms with van der Waals surface area (Å²) >= 11 is 0. The number of amides is 2. The van der Waals surface area contributed by atoms with Gasteiger partial charge in [-0.05, 0) is 36.8 Å². The van der Waals surface area contributed by atoms with Gasteiger partial charge in [0.1, 0.15) is 0 Å². The summed E-state index contributed by atoms with van der Waals surface area (Å²) in [6.45, 7) is 1.80. The van der Waals surface area contributed by atoms with Gasteiger partial charge in [-0.25, -0.2) is 0 Å². The Morgan fingerprint density at radius 2 is 1.79 bits per heavy atom. The number of pyridine rings is 2. The van der Waals surface area contributed by atoms with E-state index in [1.807, 2.05) is 24.3 Å². The average Bonchev–Trinajstić information content (AvgIpc) is 2.62. The molecule has 0 radical (unpaired) electrons. The van der Waals surface area contributed by atoms with Crippen LogP contribution in [0.2, 0.25) is 0 Å². The molecular weight excluding hydrogens is 304 g/mol. The Bertz CT molecular complexity index is 880. The third kappa shape index (κ3) is 3.55. The summed E-state index contributed by atoms with van der Waals surface area (Å²) in [6, 6.07) is 12.6. The van der Waals surface area contributed by atoms with Gasteiger partial charge in [0.15, 0.2) is 0 Å². The van der Waals surface area contributed by atoms with E-state index in [2.05, 4.69) is 20.6 Å². The van der Waals surface area contributed by atoms with Crippen molar-refractivity contribution >= 4 is 28.4 Å². The number of para-hydroxylation sites is 1. The summed E-state index contributed by atoms with van der Waals surface area (Å²) in [5.74, 6) is -1.43. The summed E-state index contributed by atoms with van der Waals surface area (Å²) in [7, 11) is 0. The molecule has 24 heavy (non-hydrogen) atoms. The molecule has 6 nitrogen and oxygen atoms in total. The molecule has 0 saturated carbocycles. The summed E-state index contributed by atoms with van der Waals surface area (Å²) < 4.78 is 0. The zero-order valence-corrected chi connectivity index (χ0v) is 13.1. The quantitative estimate of drug-likeness (QED) is 0.726. The van der Waals surface area contributed by atoms with Crippen molar-refractivity contribution in [2.75, 3.05) is 5.32 Å². The van der Waals surface area contributed by atoms with Crippen LogP contribution in [0.1, 0.15) is 18.5 Å². The highest BCUT2D eigenvalue weighted by atomic mass is 16.2. The molecule has 2 N–H and O–H groups in total. The molecule has 0 unspecified atom stereocenters. The first-order valence-electron chi connectivity index (χ1n) is 7.50. The van der Waals surface area contributed by atoms with E-state index < -0.39 is 11.8 Å². The van der Waals surface area contributed by atoms with Crippen LogP contribution in [0.15, 0.2) is 61.1 Å². The maximum atomic E-state index is 12.1. The van der Waals surface area contributed by atoms with Crippen LogP contribution in [0, 0.1) is 0 Å². The van der Waals surface area contributed by atoms with Crippen molar-refractivity contribution in [3.05, 3.63) is 66.6 Å². The Morgan fingerprint density at radius 3 is 2.58 bits per heavy atom. The number of carbonyl (C=O) groups is 2. The predicted octanol–water partition coefficient (Wildman–Crippen LogP) is 2.45. The maximum Gasteiger partial charge on any atom is 0.313 e. The molecule has 0 bridgehead atoms. The molecular formula is C18H16N4O2. The van der Waals surface area contributed by atoms with Gasteiger partial charge in [-0.2, -0.15) is 0 Å². The summed E-state index contributed by atoms with van der Waals surface area (Å²) in [5.41, 5.74) is 2.18. The van der Waals surface area contributed by atoms with Crippen LogP contribution < -0.4 is 10.6 Å². The number of nitrogens with one attached hydrogen (secondary N) is 2. The Labute approximate surface area is 138 Å². The fraction of sp³-hybridized carbons (Fsp3) is 0.111. The number of rotatable bonds is 3. The zero-order chi connectivity index (χ0) is 16.9. The van der Waals surface area contributed by atoms with Crippen LogP contribution in [-0.2, 0) is 9.59 Å². The molecule has 2 amide bonds. The van der Waals surface area contributed by atoms with E-state index in [-0.39, 0.29) is 6.04 Å². The molecule has 0 fully saturated rings. The fourth-order valence-electron chi connectivity index (χ4n) is 2.32. The SMILES string of the molecule is C[C@@H](NC(=O)C(=O)Nc1cnc2ccccc2c1)c1ccncc1. The molecule has 3 rings (SSSR count). The highest BCUT2D eigenvalue weighted by molar-refractivity contribution is 6.39. The Balaban J connectivity index is 1.66. The minimum Gasteiger partial charge on any atom is -0.341 e. The van der Waals surface area contributed by atoms with Crippen molar-refractivity contribution in [2.45, 2.75) is 13.0 Å². The van der Waals surface area contributed by atoms with Crippen LogP contribution in [0.25, 0.3) is 10.9 Å². The maximum absolute atomic E-state index is 12.1. The van der Waals surface area contributed by atoms with E-state index >= 15 is 0 Å². The van der Waals surface area contributed by atoms with Crippen LogP contribution in [0.3, 0.4) is 0 Å². The Hall–Kier alpha value is -3.28. The molecule has 0 saturated heterocycles. The molecule has 0 spiro atoms. The number of aromatic nitrogens is 2. The number of fused-ring (bicyclic) bond motifs is 1. The second kappa shape index (κ2) is 6.87. The number of hydrogen-bond donors (Lipinski definition) is 2. The lowest BCUT2D eigenvalue weighted by Gasteiger charge is -2.13. The highest BCUT2D eigenvalue weighted by Gasteiger charge is 2.17. The van der Waals surface area contributed by atoms with E-state index in [1.165, 1.54) is 6.20 Å². The predicted molar refractivity (Wildman–Crippen MR) is 91.2 cm³/mol. The van der Waals surface area contributed by atoms with E-state index in [0.717, 1.165) is 16.5 Å². The second-order valence-electron chi connectivity index (χ2n) is 5.35. The minimum absolute atomic E-state index is 0.291. The molecule has 1 atom stereocenters. The number of anilines is 1. The Kier molecular flexibility index (Phi) is 4.47. The van der Waals surface area contributed by atoms with Gasteiger partial charge < -0.3 is 10.6 Å². The summed E-state index contributed by atoms with van der Waals surface area (Å²) in [6.07, 6.45) is 4.80. The van der Waals surface area contributed by atoms with Gasteiger partial charge >= 0.3 is 11.8 Å². The lowest BCUT2D eigenvalue weighted by molar-refractivity contribution is -0.136. The van der Waals surface area contributed by atoms with Crippen molar-refractivity contribution < 1.29 is 9.59 Å². The molecule has 3 aromatic rings. The molecule has 6 heteroatoms. The van der Waals surface area contributed by atoms with Gasteiger partial charge in [-0.3, -0.25) is 19.6 Å². The van der Waals surface area contributed by atoms with Crippen LogP contribution in [0.5, 0.6) is 0 Å².